The number of thiazole rings is 1. The first-order valence-electron chi connectivity index (χ1n) is 13.4. The first kappa shape index (κ1) is 34.0. The number of carbonyl (C=O) groups is 2. The van der Waals surface area contributed by atoms with Crippen molar-refractivity contribution in [3.05, 3.63) is 28.8 Å². The molecule has 7 atom stereocenters. The van der Waals surface area contributed by atoms with E-state index >= 15 is 0 Å². The molecule has 0 saturated carbocycles. The lowest BCUT2D eigenvalue weighted by Gasteiger charge is -2.39. The second kappa shape index (κ2) is 13.2. The number of aliphatic hydroxyl groups excluding tert-OH is 2. The summed E-state index contributed by atoms with van der Waals surface area (Å²) in [4.78, 5) is 30.5. The van der Waals surface area contributed by atoms with Crippen LogP contribution >= 0.6 is 11.3 Å². The van der Waals surface area contributed by atoms with E-state index < -0.39 is 71.2 Å². The fourth-order valence-corrected chi connectivity index (χ4v) is 5.48. The topological polar surface area (TPSA) is 106 Å². The average molecular weight is 590 g/mol. The van der Waals surface area contributed by atoms with E-state index in [0.29, 0.717) is 16.5 Å². The fraction of sp³-hybridized carbons (Fsp3) is 0.690. The zero-order valence-electron chi connectivity index (χ0n) is 24.4. The number of nitrogens with zero attached hydrogens (tertiary/aromatic N) is 1. The van der Waals surface area contributed by atoms with E-state index in [9.17, 15) is 33.0 Å². The second-order valence-corrected chi connectivity index (χ2v) is 12.6. The predicted molar refractivity (Wildman–Crippen MR) is 148 cm³/mol. The molecule has 2 N–H and O–H groups in total. The van der Waals surface area contributed by atoms with Crippen molar-refractivity contribution in [1.82, 2.24) is 4.98 Å². The SMILES string of the molecule is COc1nc(/C=C(\C)[C@@H]2CC(C)C(C)(C(F)(F)F)C/C=C/[C@H](C)[C@H](O)[C@@H](C)C(=O)C(C)(C)[C@@H](O)CC(=O)O2)cs1. The molecule has 1 aliphatic heterocycles. The molecule has 0 aromatic carbocycles. The Morgan fingerprint density at radius 1 is 1.20 bits per heavy atom. The normalized spacial score (nSPS) is 34.3. The van der Waals surface area contributed by atoms with Crippen molar-refractivity contribution in [2.45, 2.75) is 92.2 Å². The Hall–Kier alpha value is -2.24. The zero-order valence-corrected chi connectivity index (χ0v) is 25.2. The van der Waals surface area contributed by atoms with Gasteiger partial charge >= 0.3 is 12.1 Å². The van der Waals surface area contributed by atoms with Gasteiger partial charge in [0.15, 0.2) is 0 Å². The van der Waals surface area contributed by atoms with E-state index in [-0.39, 0.29) is 12.8 Å². The number of halogens is 3. The van der Waals surface area contributed by atoms with Crippen LogP contribution in [0.3, 0.4) is 0 Å². The molecule has 0 aliphatic carbocycles. The molecule has 11 heteroatoms. The van der Waals surface area contributed by atoms with Gasteiger partial charge in [0.1, 0.15) is 11.9 Å². The third-order valence-electron chi connectivity index (χ3n) is 8.41. The predicted octanol–water partition coefficient (Wildman–Crippen LogP) is 6.00. The Morgan fingerprint density at radius 3 is 2.38 bits per heavy atom. The summed E-state index contributed by atoms with van der Waals surface area (Å²) in [5.74, 6) is -3.86. The number of cyclic esters (lactones) is 1. The van der Waals surface area contributed by atoms with Gasteiger partial charge in [-0.15, -0.1) is 0 Å². The average Bonchev–Trinajstić information content (AvgIpc) is 3.32. The van der Waals surface area contributed by atoms with Crippen LogP contribution in [0.4, 0.5) is 13.2 Å². The Balaban J connectivity index is 2.57. The minimum Gasteiger partial charge on any atom is -0.473 e. The number of hydrogen-bond acceptors (Lipinski definition) is 8. The van der Waals surface area contributed by atoms with Crippen molar-refractivity contribution in [2.24, 2.45) is 28.6 Å². The number of rotatable bonds is 3. The van der Waals surface area contributed by atoms with Crippen LogP contribution in [-0.4, -0.2) is 58.5 Å². The second-order valence-electron chi connectivity index (χ2n) is 11.7. The number of esters is 1. The number of alkyl halides is 3. The molecule has 2 heterocycles. The first-order valence-corrected chi connectivity index (χ1v) is 14.2. The molecule has 0 amide bonds. The molecule has 2 unspecified atom stereocenters. The molecule has 0 saturated heterocycles. The molecule has 40 heavy (non-hydrogen) atoms. The molecule has 1 aromatic heterocycles. The van der Waals surface area contributed by atoms with Crippen LogP contribution < -0.4 is 4.74 Å². The highest BCUT2D eigenvalue weighted by atomic mass is 32.1. The Labute approximate surface area is 238 Å². The van der Waals surface area contributed by atoms with Crippen molar-refractivity contribution in [2.75, 3.05) is 7.11 Å². The van der Waals surface area contributed by atoms with E-state index in [1.54, 1.807) is 25.3 Å². The van der Waals surface area contributed by atoms with Crippen molar-refractivity contribution in [1.29, 1.82) is 0 Å². The van der Waals surface area contributed by atoms with Crippen LogP contribution in [0, 0.1) is 28.6 Å². The molecule has 1 aliphatic rings. The standard InChI is InChI=1S/C29H42F3NO6S/c1-16-10-9-11-28(7,29(30,31)32)18(3)13-21(17(2)12-20-15-40-26(33-20)38-8)39-23(35)14-22(34)27(5,6)25(37)19(4)24(16)36/h9-10,12,15-16,18-19,21-22,24,34,36H,11,13-14H2,1-8H3/b10-9+,17-12+/t16-,18?,19+,21-,22-,24-,28?/m0/s1. The third kappa shape index (κ3) is 7.73. The van der Waals surface area contributed by atoms with Crippen LogP contribution in [-0.2, 0) is 14.3 Å². The van der Waals surface area contributed by atoms with Gasteiger partial charge in [-0.2, -0.15) is 13.2 Å². The highest BCUT2D eigenvalue weighted by molar-refractivity contribution is 7.11. The van der Waals surface area contributed by atoms with Gasteiger partial charge < -0.3 is 19.7 Å². The van der Waals surface area contributed by atoms with Gasteiger partial charge in [-0.3, -0.25) is 9.59 Å². The van der Waals surface area contributed by atoms with Gasteiger partial charge in [0.25, 0.3) is 5.19 Å². The molecule has 0 spiro atoms. The van der Waals surface area contributed by atoms with E-state index in [2.05, 4.69) is 4.98 Å². The highest BCUT2D eigenvalue weighted by Crippen LogP contribution is 2.49. The monoisotopic (exact) mass is 589 g/mol. The lowest BCUT2D eigenvalue weighted by atomic mass is 9.71. The Morgan fingerprint density at radius 2 is 1.82 bits per heavy atom. The molecule has 0 fully saturated rings. The largest absolute Gasteiger partial charge is 0.473 e. The lowest BCUT2D eigenvalue weighted by Crippen LogP contribution is -2.46. The van der Waals surface area contributed by atoms with E-state index in [1.165, 1.54) is 58.3 Å². The fourth-order valence-electron chi connectivity index (χ4n) is 4.88. The van der Waals surface area contributed by atoms with Crippen molar-refractivity contribution in [3.63, 3.8) is 0 Å². The number of allylic oxidation sites excluding steroid dienone is 1. The minimum absolute atomic E-state index is 0.146. The maximum Gasteiger partial charge on any atom is 0.394 e. The van der Waals surface area contributed by atoms with Crippen molar-refractivity contribution < 1.29 is 42.4 Å². The molecule has 7 nitrogen and oxygen atoms in total. The minimum atomic E-state index is -4.58. The lowest BCUT2D eigenvalue weighted by molar-refractivity contribution is -0.236. The quantitative estimate of drug-likeness (QED) is 0.329. The van der Waals surface area contributed by atoms with Gasteiger partial charge in [-0.05, 0) is 37.3 Å². The van der Waals surface area contributed by atoms with Gasteiger partial charge in [0, 0.05) is 17.2 Å². The maximum absolute atomic E-state index is 14.5. The van der Waals surface area contributed by atoms with Crippen molar-refractivity contribution >= 4 is 29.2 Å². The number of carbonyl (C=O) groups excluding carboxylic acids is 2. The number of aromatic nitrogens is 1. The van der Waals surface area contributed by atoms with E-state index in [4.69, 9.17) is 9.47 Å². The number of methoxy groups -OCH3 is 1. The molecular weight excluding hydrogens is 547 g/mol. The van der Waals surface area contributed by atoms with Crippen LogP contribution in [0.15, 0.2) is 23.1 Å². The number of aliphatic hydroxyl groups is 2. The van der Waals surface area contributed by atoms with Gasteiger partial charge in [0.2, 0.25) is 0 Å². The Kier molecular flexibility index (Phi) is 11.2. The van der Waals surface area contributed by atoms with Crippen LogP contribution in [0.1, 0.15) is 73.4 Å². The van der Waals surface area contributed by atoms with Crippen LogP contribution in [0.2, 0.25) is 0 Å². The molecule has 0 bridgehead atoms. The molecule has 226 valence electrons. The summed E-state index contributed by atoms with van der Waals surface area (Å²) in [5.41, 5.74) is -2.59. The van der Waals surface area contributed by atoms with Crippen LogP contribution in [0.25, 0.3) is 6.08 Å². The summed E-state index contributed by atoms with van der Waals surface area (Å²) >= 11 is 1.24. The third-order valence-corrected chi connectivity index (χ3v) is 9.23. The number of ether oxygens (including phenoxy) is 2. The summed E-state index contributed by atoms with van der Waals surface area (Å²) in [6.07, 6.45) is -4.79. The highest BCUT2D eigenvalue weighted by Gasteiger charge is 2.54. The first-order chi connectivity index (χ1) is 18.3. The summed E-state index contributed by atoms with van der Waals surface area (Å²) in [6.45, 7) is 10.4. The van der Waals surface area contributed by atoms with Gasteiger partial charge in [0.05, 0.1) is 42.3 Å². The van der Waals surface area contributed by atoms with E-state index in [1.807, 2.05) is 0 Å². The molecule has 0 radical (unpaired) electrons. The number of hydrogen-bond donors (Lipinski definition) is 2. The number of Topliss-reactive ketones (excluding diaryl/α,β-unsaturated/α-hetero) is 1. The molecule has 2 rings (SSSR count). The zero-order chi connectivity index (χ0) is 30.6. The summed E-state index contributed by atoms with van der Waals surface area (Å²) < 4.78 is 54.2. The summed E-state index contributed by atoms with van der Waals surface area (Å²) in [7, 11) is 1.47. The smallest absolute Gasteiger partial charge is 0.394 e. The van der Waals surface area contributed by atoms with Gasteiger partial charge in [-0.25, -0.2) is 4.98 Å². The molecular formula is C29H42F3NO6S. The molecule has 1 aromatic rings. The maximum atomic E-state index is 14.5. The number of ketones is 1. The summed E-state index contributed by atoms with van der Waals surface area (Å²) in [6, 6.07) is 0. The van der Waals surface area contributed by atoms with Gasteiger partial charge in [-0.1, -0.05) is 65.0 Å². The Bertz CT molecular complexity index is 1100. The van der Waals surface area contributed by atoms with Crippen molar-refractivity contribution in [3.8, 4) is 5.19 Å². The van der Waals surface area contributed by atoms with E-state index in [0.717, 1.165) is 6.92 Å². The summed E-state index contributed by atoms with van der Waals surface area (Å²) in [5, 5.41) is 23.8. The van der Waals surface area contributed by atoms with Crippen LogP contribution in [0.5, 0.6) is 5.19 Å².